The second-order valence-corrected chi connectivity index (χ2v) is 4.31. The standard InChI is InChI=1S/C14H15N5O2/c1-21-10-2-3-12(11(16)8-10)18-14(20)4-6-19-7-5-17-13(19)9-15/h2-3,5,7-8H,4,6,16H2,1H3,(H,18,20). The fraction of sp³-hybridized carbons (Fsp3) is 0.214. The summed E-state index contributed by atoms with van der Waals surface area (Å²) in [6.07, 6.45) is 3.40. The number of nitrogens with two attached hydrogens (primary N) is 1. The Bertz CT molecular complexity index is 687. The maximum Gasteiger partial charge on any atom is 0.226 e. The van der Waals surface area contributed by atoms with Gasteiger partial charge in [-0.25, -0.2) is 4.98 Å². The van der Waals surface area contributed by atoms with E-state index in [1.165, 1.54) is 6.20 Å². The summed E-state index contributed by atoms with van der Waals surface area (Å²) in [5.41, 5.74) is 6.80. The van der Waals surface area contributed by atoms with Gasteiger partial charge >= 0.3 is 0 Å². The number of nitrogens with one attached hydrogen (secondary N) is 1. The van der Waals surface area contributed by atoms with Crippen LogP contribution >= 0.6 is 0 Å². The zero-order chi connectivity index (χ0) is 15.2. The topological polar surface area (TPSA) is 106 Å². The van der Waals surface area contributed by atoms with Crippen LogP contribution in [0.1, 0.15) is 12.2 Å². The van der Waals surface area contributed by atoms with E-state index >= 15 is 0 Å². The van der Waals surface area contributed by atoms with Gasteiger partial charge in [-0.1, -0.05) is 0 Å². The molecule has 1 amide bonds. The van der Waals surface area contributed by atoms with Crippen molar-refractivity contribution in [3.63, 3.8) is 0 Å². The molecule has 2 aromatic rings. The summed E-state index contributed by atoms with van der Waals surface area (Å²) in [6, 6.07) is 7.00. The highest BCUT2D eigenvalue weighted by Crippen LogP contribution is 2.24. The average molecular weight is 285 g/mol. The number of benzene rings is 1. The summed E-state index contributed by atoms with van der Waals surface area (Å²) in [5, 5.41) is 11.6. The van der Waals surface area contributed by atoms with Gasteiger partial charge in [0.15, 0.2) is 0 Å². The zero-order valence-corrected chi connectivity index (χ0v) is 11.5. The number of amides is 1. The van der Waals surface area contributed by atoms with Crippen LogP contribution in [0, 0.1) is 11.3 Å². The fourth-order valence-corrected chi connectivity index (χ4v) is 1.82. The van der Waals surface area contributed by atoms with Crippen LogP contribution < -0.4 is 15.8 Å². The van der Waals surface area contributed by atoms with E-state index < -0.39 is 0 Å². The molecule has 0 atom stereocenters. The molecule has 7 heteroatoms. The molecule has 3 N–H and O–H groups in total. The number of hydrogen-bond donors (Lipinski definition) is 2. The van der Waals surface area contributed by atoms with Crippen LogP contribution in [-0.2, 0) is 11.3 Å². The van der Waals surface area contributed by atoms with Gasteiger partial charge in [-0.15, -0.1) is 0 Å². The van der Waals surface area contributed by atoms with Gasteiger partial charge < -0.3 is 20.4 Å². The SMILES string of the molecule is COc1ccc(NC(=O)CCn2ccnc2C#N)c(N)c1. The average Bonchev–Trinajstić information content (AvgIpc) is 2.94. The Morgan fingerprint density at radius 2 is 2.38 bits per heavy atom. The molecular weight excluding hydrogens is 270 g/mol. The molecule has 1 heterocycles. The molecule has 1 aromatic carbocycles. The van der Waals surface area contributed by atoms with Gasteiger partial charge in [-0.2, -0.15) is 5.26 Å². The third kappa shape index (κ3) is 3.51. The van der Waals surface area contributed by atoms with E-state index in [4.69, 9.17) is 15.7 Å². The predicted octanol–water partition coefficient (Wildman–Crippen LogP) is 1.37. The molecule has 0 aliphatic rings. The minimum atomic E-state index is -0.190. The number of anilines is 2. The first-order chi connectivity index (χ1) is 10.1. The molecule has 21 heavy (non-hydrogen) atoms. The van der Waals surface area contributed by atoms with E-state index in [1.807, 2.05) is 6.07 Å². The third-order valence-electron chi connectivity index (χ3n) is 2.93. The minimum Gasteiger partial charge on any atom is -0.497 e. The Labute approximate surface area is 122 Å². The Morgan fingerprint density at radius 3 is 3.05 bits per heavy atom. The van der Waals surface area contributed by atoms with Gasteiger partial charge in [0.1, 0.15) is 11.8 Å². The summed E-state index contributed by atoms with van der Waals surface area (Å²) in [4.78, 5) is 15.8. The van der Waals surface area contributed by atoms with E-state index in [1.54, 1.807) is 36.1 Å². The number of carbonyl (C=O) groups is 1. The molecule has 108 valence electrons. The largest absolute Gasteiger partial charge is 0.497 e. The van der Waals surface area contributed by atoms with Crippen molar-refractivity contribution in [1.82, 2.24) is 9.55 Å². The van der Waals surface area contributed by atoms with E-state index in [2.05, 4.69) is 10.3 Å². The molecular formula is C14H15N5O2. The van der Waals surface area contributed by atoms with Crippen molar-refractivity contribution in [3.8, 4) is 11.8 Å². The number of nitrogen functional groups attached to an aromatic ring is 1. The van der Waals surface area contributed by atoms with E-state index in [-0.39, 0.29) is 18.2 Å². The molecule has 0 radical (unpaired) electrons. The Hall–Kier alpha value is -3.01. The molecule has 0 spiro atoms. The summed E-state index contributed by atoms with van der Waals surface area (Å²) in [7, 11) is 1.55. The third-order valence-corrected chi connectivity index (χ3v) is 2.93. The molecule has 0 bridgehead atoms. The smallest absolute Gasteiger partial charge is 0.226 e. The molecule has 0 aliphatic heterocycles. The summed E-state index contributed by atoms with van der Waals surface area (Å²) in [5.74, 6) is 0.721. The molecule has 7 nitrogen and oxygen atoms in total. The van der Waals surface area contributed by atoms with Crippen LogP contribution in [0.4, 0.5) is 11.4 Å². The monoisotopic (exact) mass is 285 g/mol. The van der Waals surface area contributed by atoms with Gasteiger partial charge in [-0.3, -0.25) is 4.79 Å². The number of aromatic nitrogens is 2. The first kappa shape index (κ1) is 14.4. The lowest BCUT2D eigenvalue weighted by Gasteiger charge is -2.10. The van der Waals surface area contributed by atoms with Crippen molar-refractivity contribution in [2.75, 3.05) is 18.2 Å². The number of imidazole rings is 1. The zero-order valence-electron chi connectivity index (χ0n) is 11.5. The number of nitriles is 1. The number of carbonyl (C=O) groups excluding carboxylic acids is 1. The predicted molar refractivity (Wildman–Crippen MR) is 77.6 cm³/mol. The van der Waals surface area contributed by atoms with Crippen LogP contribution in [0.15, 0.2) is 30.6 Å². The first-order valence-corrected chi connectivity index (χ1v) is 6.28. The van der Waals surface area contributed by atoms with Crippen molar-refractivity contribution >= 4 is 17.3 Å². The minimum absolute atomic E-state index is 0.190. The quantitative estimate of drug-likeness (QED) is 0.807. The highest BCUT2D eigenvalue weighted by atomic mass is 16.5. The van der Waals surface area contributed by atoms with Crippen LogP contribution in [0.2, 0.25) is 0 Å². The fourth-order valence-electron chi connectivity index (χ4n) is 1.82. The molecule has 2 rings (SSSR count). The normalized spacial score (nSPS) is 9.90. The summed E-state index contributed by atoms with van der Waals surface area (Å²) >= 11 is 0. The van der Waals surface area contributed by atoms with E-state index in [9.17, 15) is 4.79 Å². The van der Waals surface area contributed by atoms with Crippen LogP contribution in [0.3, 0.4) is 0 Å². The summed E-state index contributed by atoms with van der Waals surface area (Å²) in [6.45, 7) is 0.380. The van der Waals surface area contributed by atoms with Crippen molar-refractivity contribution in [1.29, 1.82) is 5.26 Å². The molecule has 0 unspecified atom stereocenters. The number of aryl methyl sites for hydroxylation is 1. The number of ether oxygens (including phenoxy) is 1. The van der Waals surface area contributed by atoms with Gasteiger partial charge in [-0.05, 0) is 12.1 Å². The van der Waals surface area contributed by atoms with Crippen LogP contribution in [-0.4, -0.2) is 22.6 Å². The molecule has 1 aromatic heterocycles. The van der Waals surface area contributed by atoms with Gasteiger partial charge in [0.05, 0.1) is 18.5 Å². The first-order valence-electron chi connectivity index (χ1n) is 6.28. The highest BCUT2D eigenvalue weighted by molar-refractivity contribution is 5.93. The second-order valence-electron chi connectivity index (χ2n) is 4.31. The van der Waals surface area contributed by atoms with Crippen molar-refractivity contribution < 1.29 is 9.53 Å². The second kappa shape index (κ2) is 6.43. The number of hydrogen-bond acceptors (Lipinski definition) is 5. The Morgan fingerprint density at radius 1 is 1.57 bits per heavy atom. The van der Waals surface area contributed by atoms with Gasteiger partial charge in [0.25, 0.3) is 0 Å². The lowest BCUT2D eigenvalue weighted by molar-refractivity contribution is -0.116. The van der Waals surface area contributed by atoms with E-state index in [0.717, 1.165) is 0 Å². The van der Waals surface area contributed by atoms with E-state index in [0.29, 0.717) is 23.7 Å². The molecule has 0 fully saturated rings. The maximum atomic E-state index is 11.9. The highest BCUT2D eigenvalue weighted by Gasteiger charge is 2.08. The summed E-state index contributed by atoms with van der Waals surface area (Å²) < 4.78 is 6.67. The number of rotatable bonds is 5. The lowest BCUT2D eigenvalue weighted by Crippen LogP contribution is -2.15. The van der Waals surface area contributed by atoms with Crippen LogP contribution in [0.25, 0.3) is 0 Å². The number of nitrogens with zero attached hydrogens (tertiary/aromatic N) is 3. The molecule has 0 saturated carbocycles. The Kier molecular flexibility index (Phi) is 4.41. The molecule has 0 aliphatic carbocycles. The van der Waals surface area contributed by atoms with Crippen molar-refractivity contribution in [2.45, 2.75) is 13.0 Å². The molecule has 0 saturated heterocycles. The maximum absolute atomic E-state index is 11.9. The Balaban J connectivity index is 1.95. The lowest BCUT2D eigenvalue weighted by atomic mass is 10.2. The van der Waals surface area contributed by atoms with Gasteiger partial charge in [0, 0.05) is 31.4 Å². The van der Waals surface area contributed by atoms with Crippen LogP contribution in [0.5, 0.6) is 5.75 Å². The number of methoxy groups -OCH3 is 1. The van der Waals surface area contributed by atoms with Gasteiger partial charge in [0.2, 0.25) is 11.7 Å². The van der Waals surface area contributed by atoms with Crippen molar-refractivity contribution in [3.05, 3.63) is 36.4 Å². The van der Waals surface area contributed by atoms with Crippen molar-refractivity contribution in [2.24, 2.45) is 0 Å².